The lowest BCUT2D eigenvalue weighted by Crippen LogP contribution is -2.71. The van der Waals surface area contributed by atoms with Crippen molar-refractivity contribution in [1.82, 2.24) is 20.2 Å². The maximum absolute atomic E-state index is 13.5. The van der Waals surface area contributed by atoms with Gasteiger partial charge in [-0.2, -0.15) is 4.39 Å². The number of halogens is 1. The molecule has 2 aromatic rings. The lowest BCUT2D eigenvalue weighted by atomic mass is 10.0. The number of nitrogens with zero attached hydrogens (tertiary/aromatic N) is 5. The number of hydrogen-bond acceptors (Lipinski definition) is 10. The van der Waals surface area contributed by atoms with E-state index in [-0.39, 0.29) is 34.5 Å². The fourth-order valence-electron chi connectivity index (χ4n) is 3.43. The highest BCUT2D eigenvalue weighted by Crippen LogP contribution is 2.40. The van der Waals surface area contributed by atoms with Gasteiger partial charge in [0.25, 0.3) is 18.1 Å². The van der Waals surface area contributed by atoms with Crippen LogP contribution < -0.4 is 15.6 Å². The molecule has 1 fully saturated rings. The molecule has 0 bridgehead atoms. The Hall–Kier alpha value is -3.59. The number of hydrogen-bond donors (Lipinski definition) is 3. The van der Waals surface area contributed by atoms with Gasteiger partial charge in [-0.15, -0.1) is 23.1 Å². The highest BCUT2D eigenvalue weighted by molar-refractivity contribution is 8.00. The van der Waals surface area contributed by atoms with E-state index in [1.54, 1.807) is 0 Å². The molecular formula is C18H17FN7O5S2+. The Bertz CT molecular complexity index is 1200. The summed E-state index contributed by atoms with van der Waals surface area (Å²) in [7, 11) is 1.26. The monoisotopic (exact) mass is 494 g/mol. The van der Waals surface area contributed by atoms with E-state index in [1.807, 2.05) is 0 Å². The van der Waals surface area contributed by atoms with Gasteiger partial charge in [0, 0.05) is 16.7 Å². The van der Waals surface area contributed by atoms with E-state index in [0.717, 1.165) is 22.4 Å². The first kappa shape index (κ1) is 22.6. The van der Waals surface area contributed by atoms with Gasteiger partial charge in [-0.05, 0) is 0 Å². The number of nitrogens with two attached hydrogens (primary N) is 1. The van der Waals surface area contributed by atoms with E-state index < -0.39 is 35.0 Å². The summed E-state index contributed by atoms with van der Waals surface area (Å²) in [6.07, 6.45) is 3.57. The number of aromatic nitrogens is 3. The third-order valence-corrected chi connectivity index (χ3v) is 6.79. The fraction of sp³-hybridized carbons (Fsp3) is 0.278. The van der Waals surface area contributed by atoms with Crippen LogP contribution in [0, 0.1) is 5.82 Å². The number of rotatable bonds is 7. The maximum atomic E-state index is 13.5. The topological polar surface area (TPSA) is 164 Å². The van der Waals surface area contributed by atoms with Gasteiger partial charge in [0.1, 0.15) is 42.7 Å². The minimum absolute atomic E-state index is 0.0445. The van der Waals surface area contributed by atoms with Gasteiger partial charge in [0.15, 0.2) is 17.0 Å². The number of β-lactam (4-membered cyclic amide) rings is 1. The summed E-state index contributed by atoms with van der Waals surface area (Å²) in [4.78, 5) is 51.1. The molecule has 0 saturated carbocycles. The zero-order chi connectivity index (χ0) is 23.7. The lowest BCUT2D eigenvalue weighted by Gasteiger charge is -2.49. The second-order valence-corrected chi connectivity index (χ2v) is 8.89. The summed E-state index contributed by atoms with van der Waals surface area (Å²) in [6.45, 7) is 0.0445. The SMILES string of the molecule is CO/N=C(\C(=O)N[C@@H]1C(=O)N2C(C(=O)O)=C(C[n+]3cncc(F)c3)CSC12)c1csc(N)n1. The minimum atomic E-state index is -1.29. The van der Waals surface area contributed by atoms with Gasteiger partial charge >= 0.3 is 5.97 Å². The number of fused-ring (bicyclic) bond motifs is 1. The number of carboxylic acids is 1. The summed E-state index contributed by atoms with van der Waals surface area (Å²) in [5.74, 6) is -2.92. The highest BCUT2D eigenvalue weighted by atomic mass is 32.2. The molecule has 0 radical (unpaired) electrons. The third kappa shape index (κ3) is 4.36. The van der Waals surface area contributed by atoms with E-state index in [2.05, 4.69) is 20.4 Å². The number of thioether (sulfide) groups is 1. The van der Waals surface area contributed by atoms with Crippen molar-refractivity contribution in [2.45, 2.75) is 18.0 Å². The number of nitrogens with one attached hydrogen (secondary N) is 1. The Morgan fingerprint density at radius 2 is 2.30 bits per heavy atom. The Balaban J connectivity index is 1.54. The number of nitrogen functional groups attached to an aromatic ring is 1. The molecule has 4 N–H and O–H groups in total. The second kappa shape index (κ2) is 9.11. The molecule has 33 heavy (non-hydrogen) atoms. The zero-order valence-electron chi connectivity index (χ0n) is 17.0. The summed E-state index contributed by atoms with van der Waals surface area (Å²) in [5, 5.41) is 17.1. The number of carbonyl (C=O) groups excluding carboxylic acids is 2. The summed E-state index contributed by atoms with van der Waals surface area (Å²) in [6, 6.07) is -0.972. The number of aliphatic carboxylic acids is 1. The van der Waals surface area contributed by atoms with Crippen molar-refractivity contribution >= 4 is 51.7 Å². The minimum Gasteiger partial charge on any atom is -0.477 e. The average Bonchev–Trinajstić information content (AvgIpc) is 3.21. The average molecular weight is 495 g/mol. The molecule has 4 heterocycles. The molecule has 2 atom stereocenters. The van der Waals surface area contributed by atoms with E-state index in [1.165, 1.54) is 41.3 Å². The summed E-state index contributed by atoms with van der Waals surface area (Å²) in [5.41, 5.74) is 5.86. The normalized spacial score (nSPS) is 20.2. The number of oxime groups is 1. The molecule has 2 aliphatic rings. The van der Waals surface area contributed by atoms with E-state index in [0.29, 0.717) is 5.57 Å². The van der Waals surface area contributed by atoms with Crippen LogP contribution in [0.2, 0.25) is 0 Å². The van der Waals surface area contributed by atoms with Gasteiger partial charge < -0.3 is 21.0 Å². The molecule has 1 saturated heterocycles. The molecular weight excluding hydrogens is 477 g/mol. The standard InChI is InChI=1S/C18H16FN7O5S2/c1-31-24-11(10-6-33-18(20)22-10)14(27)23-12-15(28)26-13(17(29)30)8(5-32-16(12)26)3-25-4-9(19)2-21-7-25/h2,4,6-7,12,16H,3,5H2,1H3,(H3-,20,22,23,27,29,30)/p+1/b24-11-/t12-,16?/m1/s1. The molecule has 0 spiro atoms. The van der Waals surface area contributed by atoms with E-state index in [4.69, 9.17) is 10.6 Å². The quantitative estimate of drug-likeness (QED) is 0.196. The van der Waals surface area contributed by atoms with Crippen molar-refractivity contribution in [3.05, 3.63) is 46.9 Å². The van der Waals surface area contributed by atoms with Gasteiger partial charge in [0.05, 0.1) is 0 Å². The second-order valence-electron chi connectivity index (χ2n) is 6.89. The molecule has 12 nitrogen and oxygen atoms in total. The highest BCUT2D eigenvalue weighted by Gasteiger charge is 2.54. The van der Waals surface area contributed by atoms with Crippen LogP contribution in [0.3, 0.4) is 0 Å². The summed E-state index contributed by atoms with van der Waals surface area (Å²) >= 11 is 2.39. The molecule has 2 aromatic heterocycles. The van der Waals surface area contributed by atoms with Crippen molar-refractivity contribution in [3.8, 4) is 0 Å². The first-order valence-corrected chi connectivity index (χ1v) is 11.3. The number of anilines is 1. The first-order valence-electron chi connectivity index (χ1n) is 9.33. The number of carbonyl (C=O) groups is 3. The lowest BCUT2D eigenvalue weighted by molar-refractivity contribution is -0.693. The van der Waals surface area contributed by atoms with E-state index >= 15 is 0 Å². The van der Waals surface area contributed by atoms with Crippen LogP contribution in [0.25, 0.3) is 0 Å². The Morgan fingerprint density at radius 3 is 2.94 bits per heavy atom. The smallest absolute Gasteiger partial charge is 0.352 e. The number of thiazole rings is 1. The van der Waals surface area contributed by atoms with Crippen LogP contribution in [0.5, 0.6) is 0 Å². The molecule has 2 aliphatic heterocycles. The molecule has 4 rings (SSSR count). The van der Waals surface area contributed by atoms with Gasteiger partial charge in [-0.1, -0.05) is 10.1 Å². The Morgan fingerprint density at radius 1 is 1.52 bits per heavy atom. The molecule has 0 aliphatic carbocycles. The Kier molecular flexibility index (Phi) is 6.24. The Labute approximate surface area is 193 Å². The molecule has 15 heteroatoms. The predicted octanol–water partition coefficient (Wildman–Crippen LogP) is -0.664. The molecule has 2 amide bonds. The van der Waals surface area contributed by atoms with Gasteiger partial charge in [-0.3, -0.25) is 14.5 Å². The van der Waals surface area contributed by atoms with Crippen LogP contribution in [0.15, 0.2) is 40.5 Å². The van der Waals surface area contributed by atoms with Crippen molar-refractivity contribution in [2.75, 3.05) is 18.6 Å². The molecule has 172 valence electrons. The van der Waals surface area contributed by atoms with Crippen molar-refractivity contribution in [1.29, 1.82) is 0 Å². The van der Waals surface area contributed by atoms with Crippen molar-refractivity contribution in [2.24, 2.45) is 5.16 Å². The van der Waals surface area contributed by atoms with E-state index in [9.17, 15) is 23.9 Å². The predicted molar refractivity (Wildman–Crippen MR) is 114 cm³/mol. The molecule has 1 unspecified atom stereocenters. The van der Waals surface area contributed by atoms with Gasteiger partial charge in [-0.25, -0.2) is 14.3 Å². The van der Waals surface area contributed by atoms with Crippen LogP contribution in [-0.4, -0.2) is 67.7 Å². The van der Waals surface area contributed by atoms with Crippen molar-refractivity contribution in [3.63, 3.8) is 0 Å². The number of amides is 2. The van der Waals surface area contributed by atoms with Crippen molar-refractivity contribution < 1.29 is 33.3 Å². The van der Waals surface area contributed by atoms with Crippen LogP contribution in [-0.2, 0) is 25.8 Å². The van der Waals surface area contributed by atoms with Gasteiger partial charge in [0.2, 0.25) is 5.82 Å². The summed E-state index contributed by atoms with van der Waals surface area (Å²) < 4.78 is 14.8. The number of carboxylic acid groups (broad SMARTS) is 1. The first-order chi connectivity index (χ1) is 15.8. The van der Waals surface area contributed by atoms with Crippen LogP contribution in [0.4, 0.5) is 9.52 Å². The van der Waals surface area contributed by atoms with Crippen LogP contribution >= 0.6 is 23.1 Å². The maximum Gasteiger partial charge on any atom is 0.352 e. The largest absolute Gasteiger partial charge is 0.477 e. The van der Waals surface area contributed by atoms with Crippen LogP contribution in [0.1, 0.15) is 5.69 Å². The fourth-order valence-corrected chi connectivity index (χ4v) is 5.31. The molecule has 0 aromatic carbocycles. The third-order valence-electron chi connectivity index (χ3n) is 4.77. The zero-order valence-corrected chi connectivity index (χ0v) is 18.6.